The smallest absolute Gasteiger partial charge is 0.272 e. The number of imide groups is 1. The largest absolute Gasteiger partial charge is 0.273 e. The lowest BCUT2D eigenvalue weighted by molar-refractivity contribution is -0.384. The van der Waals surface area contributed by atoms with E-state index in [4.69, 9.17) is 11.6 Å². The van der Waals surface area contributed by atoms with Gasteiger partial charge in [-0.15, -0.1) is 0 Å². The van der Waals surface area contributed by atoms with Crippen molar-refractivity contribution in [1.82, 2.24) is 10.0 Å². The summed E-state index contributed by atoms with van der Waals surface area (Å²) in [7, 11) is 0. The Morgan fingerprint density at radius 3 is 2.24 bits per heavy atom. The van der Waals surface area contributed by atoms with Crippen LogP contribution in [0.5, 0.6) is 0 Å². The van der Waals surface area contributed by atoms with Crippen LogP contribution in [-0.2, 0) is 16.1 Å². The average Bonchev–Trinajstić information content (AvgIpc) is 3.02. The van der Waals surface area contributed by atoms with Crippen LogP contribution in [0.1, 0.15) is 28.8 Å². The van der Waals surface area contributed by atoms with Gasteiger partial charge in [0.25, 0.3) is 23.4 Å². The molecule has 4 rings (SSSR count). The highest BCUT2D eigenvalue weighted by Crippen LogP contribution is 2.44. The number of nitrogens with zero attached hydrogens (tertiary/aromatic N) is 3. The van der Waals surface area contributed by atoms with Crippen molar-refractivity contribution in [2.75, 3.05) is 0 Å². The zero-order valence-electron chi connectivity index (χ0n) is 17.1. The number of alkyl halides is 2. The highest BCUT2D eigenvalue weighted by Gasteiger charge is 2.54. The van der Waals surface area contributed by atoms with Crippen molar-refractivity contribution in [3.63, 3.8) is 0 Å². The van der Waals surface area contributed by atoms with Crippen molar-refractivity contribution in [3.8, 4) is 0 Å². The number of carbonyl (C=O) groups excluding carboxylic acids is 3. The Morgan fingerprint density at radius 1 is 1.06 bits per heavy atom. The first-order valence-corrected chi connectivity index (χ1v) is 12.4. The number of nitro benzene ring substituents is 1. The van der Waals surface area contributed by atoms with Gasteiger partial charge in [0, 0.05) is 32.4 Å². The Balaban J connectivity index is 1.75. The lowest BCUT2D eigenvalue weighted by Gasteiger charge is -2.31. The van der Waals surface area contributed by atoms with Crippen LogP contribution in [0.4, 0.5) is 5.69 Å². The van der Waals surface area contributed by atoms with E-state index in [1.165, 1.54) is 18.2 Å². The number of nitro groups is 1. The highest BCUT2D eigenvalue weighted by atomic mass is 79.9. The summed E-state index contributed by atoms with van der Waals surface area (Å²) in [5, 5.41) is 13.5. The third-order valence-electron chi connectivity index (χ3n) is 5.95. The molecule has 1 saturated carbocycles. The Labute approximate surface area is 211 Å². The molecule has 0 N–H and O–H groups in total. The van der Waals surface area contributed by atoms with Crippen molar-refractivity contribution < 1.29 is 19.3 Å². The van der Waals surface area contributed by atoms with Gasteiger partial charge in [0.15, 0.2) is 0 Å². The fourth-order valence-corrected chi connectivity index (χ4v) is 5.67. The van der Waals surface area contributed by atoms with Gasteiger partial charge in [0.2, 0.25) is 0 Å². The van der Waals surface area contributed by atoms with Crippen LogP contribution in [0.15, 0.2) is 48.5 Å². The molecule has 0 spiro atoms. The standard InChI is InChI=1S/C22H18Br2ClN3O5/c23-17-9-15-16(10-18(17)24)22(31)27(21(15)30)26(11-13-4-1-2-7-19(13)25)20(29)12-5-3-6-14(8-12)28(32)33/h1-8,15-18H,9-11H2/t15-,16-,17+,18+/m1/s1. The number of hydrogen-bond donors (Lipinski definition) is 0. The van der Waals surface area contributed by atoms with Crippen LogP contribution in [0.25, 0.3) is 0 Å². The first-order valence-electron chi connectivity index (χ1n) is 10.1. The number of non-ortho nitro benzene ring substituents is 1. The number of hydrazine groups is 1. The molecular formula is C22H18Br2ClN3O5. The van der Waals surface area contributed by atoms with Crippen molar-refractivity contribution in [3.05, 3.63) is 74.8 Å². The Bertz CT molecular complexity index is 1120. The number of amides is 3. The Morgan fingerprint density at radius 2 is 1.67 bits per heavy atom. The summed E-state index contributed by atoms with van der Waals surface area (Å²) >= 11 is 13.4. The van der Waals surface area contributed by atoms with E-state index >= 15 is 0 Å². The minimum atomic E-state index is -0.704. The van der Waals surface area contributed by atoms with Crippen LogP contribution < -0.4 is 0 Å². The number of rotatable bonds is 5. The van der Waals surface area contributed by atoms with Crippen LogP contribution in [-0.4, -0.2) is 42.3 Å². The molecule has 2 aromatic rings. The molecule has 0 radical (unpaired) electrons. The minimum absolute atomic E-state index is 0.0107. The van der Waals surface area contributed by atoms with E-state index in [2.05, 4.69) is 31.9 Å². The van der Waals surface area contributed by atoms with Gasteiger partial charge in [-0.1, -0.05) is 67.7 Å². The zero-order valence-corrected chi connectivity index (χ0v) is 21.0. The maximum Gasteiger partial charge on any atom is 0.273 e. The maximum atomic E-state index is 13.5. The van der Waals surface area contributed by atoms with Gasteiger partial charge in [0.1, 0.15) is 0 Å². The second kappa shape index (κ2) is 9.52. The molecule has 1 aliphatic carbocycles. The molecular weight excluding hydrogens is 582 g/mol. The molecule has 1 saturated heterocycles. The van der Waals surface area contributed by atoms with E-state index in [-0.39, 0.29) is 27.4 Å². The third kappa shape index (κ3) is 4.56. The van der Waals surface area contributed by atoms with Crippen molar-refractivity contribution >= 4 is 66.9 Å². The molecule has 33 heavy (non-hydrogen) atoms. The quantitative estimate of drug-likeness (QED) is 0.214. The van der Waals surface area contributed by atoms with Gasteiger partial charge in [-0.25, -0.2) is 5.01 Å². The summed E-state index contributed by atoms with van der Waals surface area (Å²) < 4.78 is 0. The zero-order chi connectivity index (χ0) is 23.9. The molecule has 3 amide bonds. The van der Waals surface area contributed by atoms with Crippen molar-refractivity contribution in [1.29, 1.82) is 0 Å². The molecule has 172 valence electrons. The average molecular weight is 600 g/mol. The van der Waals surface area contributed by atoms with Crippen LogP contribution in [0.2, 0.25) is 5.02 Å². The summed E-state index contributed by atoms with van der Waals surface area (Å²) in [5.41, 5.74) is 0.254. The number of hydrogen-bond acceptors (Lipinski definition) is 5. The predicted octanol–water partition coefficient (Wildman–Crippen LogP) is 4.73. The number of fused-ring (bicyclic) bond motifs is 1. The fraction of sp³-hybridized carbons (Fsp3) is 0.318. The van der Waals surface area contributed by atoms with E-state index in [9.17, 15) is 24.5 Å². The lowest BCUT2D eigenvalue weighted by Crippen LogP contribution is -2.49. The molecule has 0 unspecified atom stereocenters. The van der Waals surface area contributed by atoms with Crippen LogP contribution in [0.3, 0.4) is 0 Å². The maximum absolute atomic E-state index is 13.5. The minimum Gasteiger partial charge on any atom is -0.272 e. The summed E-state index contributed by atoms with van der Waals surface area (Å²) in [6.45, 7) is -0.145. The highest BCUT2D eigenvalue weighted by molar-refractivity contribution is 9.12. The monoisotopic (exact) mass is 597 g/mol. The van der Waals surface area contributed by atoms with E-state index in [1.54, 1.807) is 24.3 Å². The van der Waals surface area contributed by atoms with Crippen molar-refractivity contribution in [2.45, 2.75) is 29.0 Å². The molecule has 2 aliphatic rings. The summed E-state index contributed by atoms with van der Waals surface area (Å²) in [6, 6.07) is 12.0. The van der Waals surface area contributed by atoms with E-state index in [0.29, 0.717) is 23.4 Å². The van der Waals surface area contributed by atoms with Gasteiger partial charge in [-0.05, 0) is 30.5 Å². The molecule has 11 heteroatoms. The number of benzene rings is 2. The van der Waals surface area contributed by atoms with Crippen LogP contribution >= 0.6 is 43.5 Å². The predicted molar refractivity (Wildman–Crippen MR) is 128 cm³/mol. The van der Waals surface area contributed by atoms with Crippen LogP contribution in [0, 0.1) is 22.0 Å². The molecule has 2 aromatic carbocycles. The van der Waals surface area contributed by atoms with Gasteiger partial charge in [-0.2, -0.15) is 5.01 Å². The van der Waals surface area contributed by atoms with E-state index in [1.807, 2.05) is 0 Å². The van der Waals surface area contributed by atoms with Gasteiger partial charge >= 0.3 is 0 Å². The van der Waals surface area contributed by atoms with Gasteiger partial charge in [0.05, 0.1) is 23.3 Å². The van der Waals surface area contributed by atoms with Gasteiger partial charge in [-0.3, -0.25) is 24.5 Å². The molecule has 8 nitrogen and oxygen atoms in total. The molecule has 4 atom stereocenters. The fourth-order valence-electron chi connectivity index (χ4n) is 4.24. The van der Waals surface area contributed by atoms with Crippen molar-refractivity contribution in [2.24, 2.45) is 11.8 Å². The van der Waals surface area contributed by atoms with E-state index < -0.39 is 34.5 Å². The third-order valence-corrected chi connectivity index (χ3v) is 9.05. The summed E-state index contributed by atoms with van der Waals surface area (Å²) in [5.74, 6) is -2.73. The number of carbonyl (C=O) groups is 3. The molecule has 2 fully saturated rings. The normalized spacial score (nSPS) is 24.5. The second-order valence-corrected chi connectivity index (χ2v) is 10.7. The SMILES string of the molecule is O=C(c1cccc([N+](=O)[O-])c1)N(Cc1ccccc1Cl)N1C(=O)[C@@H]2C[C@H](Br)[C@@H](Br)C[C@H]2C1=O. The molecule has 0 bridgehead atoms. The summed E-state index contributed by atoms with van der Waals surface area (Å²) in [6.07, 6.45) is 0.902. The first-order chi connectivity index (χ1) is 15.7. The molecule has 0 aromatic heterocycles. The van der Waals surface area contributed by atoms with Gasteiger partial charge < -0.3 is 0 Å². The Hall–Kier alpha value is -2.30. The van der Waals surface area contributed by atoms with E-state index in [0.717, 1.165) is 16.1 Å². The molecule has 1 heterocycles. The second-order valence-electron chi connectivity index (χ2n) is 7.97. The lowest BCUT2D eigenvalue weighted by atomic mass is 9.81. The molecule has 1 aliphatic heterocycles. The Kier molecular flexibility index (Phi) is 6.88. The first kappa shape index (κ1) is 23.8. The number of halogens is 3. The topological polar surface area (TPSA) is 101 Å². The summed E-state index contributed by atoms with van der Waals surface area (Å²) in [4.78, 5) is 50.9.